The van der Waals surface area contributed by atoms with Gasteiger partial charge in [-0.25, -0.2) is 4.98 Å². The minimum atomic E-state index is -0.575. The van der Waals surface area contributed by atoms with Crippen LogP contribution in [0.1, 0.15) is 5.76 Å². The van der Waals surface area contributed by atoms with E-state index in [9.17, 15) is 14.7 Å². The van der Waals surface area contributed by atoms with Crippen molar-refractivity contribution in [2.75, 3.05) is 7.11 Å². The standard InChI is InChI=1S/C25H19N3O5/c1-13-11-19(29)22(30)23(33-13)21-20(14-7-9-16(32-2)10-8-14)27-24(28-21)17-12-15-5-3-4-6-18(15)26-25(17)31/h3-12,30H,1-2H3,(H,26,31)(H,27,28). The van der Waals surface area contributed by atoms with Gasteiger partial charge in [-0.1, -0.05) is 18.2 Å². The number of aryl methyl sites for hydroxylation is 1. The van der Waals surface area contributed by atoms with Crippen molar-refractivity contribution in [3.8, 4) is 45.6 Å². The van der Waals surface area contributed by atoms with E-state index in [1.165, 1.54) is 6.07 Å². The van der Waals surface area contributed by atoms with E-state index >= 15 is 0 Å². The van der Waals surface area contributed by atoms with Gasteiger partial charge in [0.25, 0.3) is 5.56 Å². The lowest BCUT2D eigenvalue weighted by Gasteiger charge is -2.06. The van der Waals surface area contributed by atoms with Crippen molar-refractivity contribution in [3.63, 3.8) is 0 Å². The monoisotopic (exact) mass is 441 g/mol. The van der Waals surface area contributed by atoms with Gasteiger partial charge in [0.1, 0.15) is 28.7 Å². The number of methoxy groups -OCH3 is 1. The number of ether oxygens (including phenoxy) is 1. The zero-order valence-electron chi connectivity index (χ0n) is 17.8. The number of nitrogens with one attached hydrogen (secondary N) is 2. The van der Waals surface area contributed by atoms with Gasteiger partial charge in [0, 0.05) is 17.1 Å². The average molecular weight is 441 g/mol. The highest BCUT2D eigenvalue weighted by Crippen LogP contribution is 2.36. The second kappa shape index (κ2) is 7.83. The first kappa shape index (κ1) is 20.3. The number of hydrogen-bond donors (Lipinski definition) is 3. The molecule has 33 heavy (non-hydrogen) atoms. The molecule has 8 heteroatoms. The van der Waals surface area contributed by atoms with Crippen LogP contribution in [0, 0.1) is 6.92 Å². The number of nitrogens with zero attached hydrogens (tertiary/aromatic N) is 1. The smallest absolute Gasteiger partial charge is 0.259 e. The number of hydrogen-bond acceptors (Lipinski definition) is 6. The maximum atomic E-state index is 12.8. The molecule has 0 bridgehead atoms. The Morgan fingerprint density at radius 3 is 2.52 bits per heavy atom. The molecule has 0 saturated heterocycles. The molecule has 2 aromatic carbocycles. The van der Waals surface area contributed by atoms with E-state index in [0.29, 0.717) is 33.8 Å². The summed E-state index contributed by atoms with van der Waals surface area (Å²) in [5.74, 6) is 0.659. The highest BCUT2D eigenvalue weighted by atomic mass is 16.5. The van der Waals surface area contributed by atoms with Crippen molar-refractivity contribution in [3.05, 3.63) is 87.0 Å². The van der Waals surface area contributed by atoms with Crippen LogP contribution >= 0.6 is 0 Å². The normalized spacial score (nSPS) is 11.1. The van der Waals surface area contributed by atoms with E-state index in [4.69, 9.17) is 9.15 Å². The zero-order valence-corrected chi connectivity index (χ0v) is 17.8. The molecular formula is C25H19N3O5. The molecule has 0 spiro atoms. The van der Waals surface area contributed by atoms with Gasteiger partial charge in [0.05, 0.1) is 12.7 Å². The number of H-pyrrole nitrogens is 2. The van der Waals surface area contributed by atoms with Gasteiger partial charge in [-0.05, 0) is 48.7 Å². The third kappa shape index (κ3) is 3.57. The van der Waals surface area contributed by atoms with E-state index < -0.39 is 11.2 Å². The van der Waals surface area contributed by atoms with Crippen LogP contribution in [0.3, 0.4) is 0 Å². The summed E-state index contributed by atoms with van der Waals surface area (Å²) < 4.78 is 10.9. The minimum Gasteiger partial charge on any atom is -0.501 e. The van der Waals surface area contributed by atoms with E-state index in [0.717, 1.165) is 5.39 Å². The number of para-hydroxylation sites is 1. The number of imidazole rings is 1. The molecule has 0 amide bonds. The van der Waals surface area contributed by atoms with E-state index in [1.54, 1.807) is 44.4 Å². The maximum Gasteiger partial charge on any atom is 0.259 e. The number of aromatic hydroxyl groups is 1. The van der Waals surface area contributed by atoms with Crippen LogP contribution in [-0.4, -0.2) is 27.2 Å². The molecule has 0 aliphatic rings. The Kier molecular flexibility index (Phi) is 4.82. The topological polar surface area (TPSA) is 121 Å². The average Bonchev–Trinajstić information content (AvgIpc) is 3.26. The SMILES string of the molecule is COc1ccc(-c2nc(-c3cc4ccccc4[nH]c3=O)[nH]c2-c2oc(C)cc(=O)c2O)cc1. The number of rotatable bonds is 4. The van der Waals surface area contributed by atoms with Crippen molar-refractivity contribution in [2.45, 2.75) is 6.92 Å². The summed E-state index contributed by atoms with van der Waals surface area (Å²) >= 11 is 0. The van der Waals surface area contributed by atoms with E-state index in [-0.39, 0.29) is 22.8 Å². The van der Waals surface area contributed by atoms with Crippen molar-refractivity contribution in [1.29, 1.82) is 0 Å². The van der Waals surface area contributed by atoms with Gasteiger partial charge in [0.15, 0.2) is 5.76 Å². The van der Waals surface area contributed by atoms with Gasteiger partial charge in [-0.2, -0.15) is 0 Å². The summed E-state index contributed by atoms with van der Waals surface area (Å²) in [6.07, 6.45) is 0. The van der Waals surface area contributed by atoms with Crippen molar-refractivity contribution in [1.82, 2.24) is 15.0 Å². The Labute approximate surface area is 187 Å². The van der Waals surface area contributed by atoms with Crippen molar-refractivity contribution in [2.24, 2.45) is 0 Å². The van der Waals surface area contributed by atoms with Crippen LogP contribution in [0.25, 0.3) is 45.0 Å². The molecule has 8 nitrogen and oxygen atoms in total. The van der Waals surface area contributed by atoms with E-state index in [1.807, 2.05) is 24.3 Å². The fourth-order valence-electron chi connectivity index (χ4n) is 3.72. The first-order chi connectivity index (χ1) is 15.9. The number of fused-ring (bicyclic) bond motifs is 1. The molecule has 5 rings (SSSR count). The van der Waals surface area contributed by atoms with Crippen molar-refractivity contribution >= 4 is 10.9 Å². The molecule has 0 aliphatic carbocycles. The molecule has 0 unspecified atom stereocenters. The van der Waals surface area contributed by atoms with Crippen LogP contribution in [0.5, 0.6) is 11.5 Å². The number of aromatic amines is 2. The summed E-state index contributed by atoms with van der Waals surface area (Å²) in [5, 5.41) is 11.3. The molecule has 3 aromatic heterocycles. The van der Waals surface area contributed by atoms with Crippen LogP contribution in [0.15, 0.2) is 74.7 Å². The molecule has 0 fully saturated rings. The first-order valence-corrected chi connectivity index (χ1v) is 10.2. The lowest BCUT2D eigenvalue weighted by Crippen LogP contribution is -2.09. The fraction of sp³-hybridized carbons (Fsp3) is 0.0800. The largest absolute Gasteiger partial charge is 0.501 e. The predicted octanol–water partition coefficient (Wildman–Crippen LogP) is 4.23. The lowest BCUT2D eigenvalue weighted by atomic mass is 10.1. The van der Waals surface area contributed by atoms with E-state index in [2.05, 4.69) is 15.0 Å². The Morgan fingerprint density at radius 1 is 1.00 bits per heavy atom. The minimum absolute atomic E-state index is 0.0539. The number of aromatic nitrogens is 3. The molecular weight excluding hydrogens is 422 g/mol. The maximum absolute atomic E-state index is 12.8. The summed E-state index contributed by atoms with van der Waals surface area (Å²) in [6, 6.07) is 17.5. The Morgan fingerprint density at radius 2 is 1.76 bits per heavy atom. The number of benzene rings is 2. The van der Waals surface area contributed by atoms with Gasteiger partial charge in [0.2, 0.25) is 11.2 Å². The third-order valence-corrected chi connectivity index (χ3v) is 5.35. The molecule has 5 aromatic rings. The molecule has 0 atom stereocenters. The lowest BCUT2D eigenvalue weighted by molar-refractivity contribution is 0.415. The van der Waals surface area contributed by atoms with Crippen LogP contribution < -0.4 is 15.7 Å². The first-order valence-electron chi connectivity index (χ1n) is 10.2. The van der Waals surface area contributed by atoms with Crippen LogP contribution in [0.4, 0.5) is 0 Å². The fourth-order valence-corrected chi connectivity index (χ4v) is 3.72. The summed E-state index contributed by atoms with van der Waals surface area (Å²) in [6.45, 7) is 1.61. The van der Waals surface area contributed by atoms with Crippen LogP contribution in [-0.2, 0) is 0 Å². The third-order valence-electron chi connectivity index (χ3n) is 5.35. The van der Waals surface area contributed by atoms with Gasteiger partial charge < -0.3 is 24.2 Å². The van der Waals surface area contributed by atoms with Gasteiger partial charge >= 0.3 is 0 Å². The Hall–Kier alpha value is -4.59. The highest BCUT2D eigenvalue weighted by molar-refractivity contribution is 5.85. The molecule has 0 radical (unpaired) electrons. The second-order valence-electron chi connectivity index (χ2n) is 7.54. The predicted molar refractivity (Wildman–Crippen MR) is 125 cm³/mol. The number of pyridine rings is 1. The quantitative estimate of drug-likeness (QED) is 0.384. The molecule has 0 saturated carbocycles. The molecule has 3 N–H and O–H groups in total. The van der Waals surface area contributed by atoms with Gasteiger partial charge in [-0.3, -0.25) is 9.59 Å². The summed E-state index contributed by atoms with van der Waals surface area (Å²) in [7, 11) is 1.57. The van der Waals surface area contributed by atoms with Gasteiger partial charge in [-0.15, -0.1) is 0 Å². The molecule has 0 aliphatic heterocycles. The highest BCUT2D eigenvalue weighted by Gasteiger charge is 2.23. The van der Waals surface area contributed by atoms with Crippen molar-refractivity contribution < 1.29 is 14.3 Å². The van der Waals surface area contributed by atoms with Crippen LogP contribution in [0.2, 0.25) is 0 Å². The summed E-state index contributed by atoms with van der Waals surface area (Å²) in [4.78, 5) is 35.7. The second-order valence-corrected chi connectivity index (χ2v) is 7.54. The Bertz CT molecular complexity index is 1610. The molecule has 3 heterocycles. The molecule has 164 valence electrons. The Balaban J connectivity index is 1.78. The zero-order chi connectivity index (χ0) is 23.1. The summed E-state index contributed by atoms with van der Waals surface area (Å²) in [5.41, 5.74) is 1.47.